The minimum atomic E-state index is -0.0619. The Balaban J connectivity index is 1.52. The molecule has 2 aromatic carbocycles. The Bertz CT molecular complexity index is 734. The maximum Gasteiger partial charge on any atom is 0.251 e. The van der Waals surface area contributed by atoms with Crippen LogP contribution in [0.15, 0.2) is 42.5 Å². The molecule has 1 aliphatic heterocycles. The van der Waals surface area contributed by atoms with Crippen molar-refractivity contribution < 1.29 is 9.53 Å². The lowest BCUT2D eigenvalue weighted by Gasteiger charge is -2.26. The van der Waals surface area contributed by atoms with Gasteiger partial charge in [-0.25, -0.2) is 0 Å². The number of nitrogens with one attached hydrogen (secondary N) is 1. The number of ether oxygens (including phenoxy) is 1. The standard InChI is InChI=1S/C22H28N2O2/c1-17-14-20(10-11-21(17)26-2)22(25)23-15-18-6-8-19(9-7-18)16-24-12-4-3-5-13-24/h6-11,14H,3-5,12-13,15-16H2,1-2H3,(H,23,25). The highest BCUT2D eigenvalue weighted by Crippen LogP contribution is 2.18. The number of hydrogen-bond donors (Lipinski definition) is 1. The molecule has 4 nitrogen and oxygen atoms in total. The summed E-state index contributed by atoms with van der Waals surface area (Å²) < 4.78 is 5.24. The van der Waals surface area contributed by atoms with Crippen LogP contribution < -0.4 is 10.1 Å². The molecule has 0 aromatic heterocycles. The molecule has 138 valence electrons. The van der Waals surface area contributed by atoms with Crippen LogP contribution in [0, 0.1) is 6.92 Å². The van der Waals surface area contributed by atoms with Gasteiger partial charge in [0.1, 0.15) is 5.75 Å². The zero-order valence-corrected chi connectivity index (χ0v) is 15.8. The van der Waals surface area contributed by atoms with Crippen molar-refractivity contribution in [3.05, 3.63) is 64.7 Å². The molecule has 1 fully saturated rings. The van der Waals surface area contributed by atoms with Gasteiger partial charge in [-0.1, -0.05) is 30.7 Å². The average Bonchev–Trinajstić information content (AvgIpc) is 2.68. The Hall–Kier alpha value is -2.33. The van der Waals surface area contributed by atoms with E-state index in [4.69, 9.17) is 4.74 Å². The predicted molar refractivity (Wildman–Crippen MR) is 104 cm³/mol. The molecule has 1 amide bonds. The third kappa shape index (κ3) is 4.85. The number of benzene rings is 2. The molecule has 0 saturated carbocycles. The number of amides is 1. The van der Waals surface area contributed by atoms with Crippen LogP contribution in [0.3, 0.4) is 0 Å². The van der Waals surface area contributed by atoms with Crippen LogP contribution in [-0.2, 0) is 13.1 Å². The first kappa shape index (κ1) is 18.5. The van der Waals surface area contributed by atoms with E-state index in [0.717, 1.165) is 23.4 Å². The smallest absolute Gasteiger partial charge is 0.251 e. The lowest BCUT2D eigenvalue weighted by atomic mass is 10.1. The van der Waals surface area contributed by atoms with E-state index in [1.54, 1.807) is 13.2 Å². The topological polar surface area (TPSA) is 41.6 Å². The van der Waals surface area contributed by atoms with Gasteiger partial charge in [-0.3, -0.25) is 9.69 Å². The SMILES string of the molecule is COc1ccc(C(=O)NCc2ccc(CN3CCCCC3)cc2)cc1C. The van der Waals surface area contributed by atoms with Gasteiger partial charge in [0.2, 0.25) is 0 Å². The molecule has 0 spiro atoms. The summed E-state index contributed by atoms with van der Waals surface area (Å²) in [7, 11) is 1.64. The molecular weight excluding hydrogens is 324 g/mol. The van der Waals surface area contributed by atoms with Gasteiger partial charge in [0, 0.05) is 18.7 Å². The minimum absolute atomic E-state index is 0.0619. The highest BCUT2D eigenvalue weighted by atomic mass is 16.5. The van der Waals surface area contributed by atoms with E-state index in [1.807, 2.05) is 19.1 Å². The molecule has 0 bridgehead atoms. The van der Waals surface area contributed by atoms with Gasteiger partial charge in [0.05, 0.1) is 7.11 Å². The Morgan fingerprint density at radius 3 is 2.38 bits per heavy atom. The molecule has 1 heterocycles. The predicted octanol–water partition coefficient (Wildman–Crippen LogP) is 3.92. The summed E-state index contributed by atoms with van der Waals surface area (Å²) in [5.74, 6) is 0.735. The van der Waals surface area contributed by atoms with Crippen LogP contribution in [0.1, 0.15) is 46.3 Å². The molecule has 3 rings (SSSR count). The summed E-state index contributed by atoms with van der Waals surface area (Å²) >= 11 is 0. The van der Waals surface area contributed by atoms with Crippen LogP contribution in [-0.4, -0.2) is 31.0 Å². The van der Waals surface area contributed by atoms with Gasteiger partial charge in [0.15, 0.2) is 0 Å². The van der Waals surface area contributed by atoms with E-state index in [2.05, 4.69) is 34.5 Å². The normalized spacial score (nSPS) is 14.8. The third-order valence-corrected chi connectivity index (χ3v) is 4.99. The molecule has 1 saturated heterocycles. The van der Waals surface area contributed by atoms with Crippen molar-refractivity contribution in [1.82, 2.24) is 10.2 Å². The molecule has 26 heavy (non-hydrogen) atoms. The molecule has 4 heteroatoms. The van der Waals surface area contributed by atoms with Crippen molar-refractivity contribution in [2.45, 2.75) is 39.3 Å². The number of carbonyl (C=O) groups is 1. The maximum atomic E-state index is 12.3. The summed E-state index contributed by atoms with van der Waals surface area (Å²) in [5, 5.41) is 2.99. The van der Waals surface area contributed by atoms with Gasteiger partial charge in [-0.2, -0.15) is 0 Å². The van der Waals surface area contributed by atoms with Crippen molar-refractivity contribution in [2.24, 2.45) is 0 Å². The molecule has 2 aromatic rings. The van der Waals surface area contributed by atoms with Gasteiger partial charge < -0.3 is 10.1 Å². The minimum Gasteiger partial charge on any atom is -0.496 e. The zero-order valence-electron chi connectivity index (χ0n) is 15.8. The van der Waals surface area contributed by atoms with Crippen LogP contribution in [0.2, 0.25) is 0 Å². The number of rotatable bonds is 6. The van der Waals surface area contributed by atoms with Crippen LogP contribution in [0.25, 0.3) is 0 Å². The van der Waals surface area contributed by atoms with Gasteiger partial charge in [-0.15, -0.1) is 0 Å². The van der Waals surface area contributed by atoms with Crippen molar-refractivity contribution in [3.8, 4) is 5.75 Å². The van der Waals surface area contributed by atoms with Crippen molar-refractivity contribution >= 4 is 5.91 Å². The quantitative estimate of drug-likeness (QED) is 0.857. The first-order valence-electron chi connectivity index (χ1n) is 9.39. The molecule has 0 aliphatic carbocycles. The highest BCUT2D eigenvalue weighted by Gasteiger charge is 2.11. The Morgan fingerprint density at radius 2 is 1.73 bits per heavy atom. The second-order valence-corrected chi connectivity index (χ2v) is 7.02. The van der Waals surface area contributed by atoms with E-state index in [1.165, 1.54) is 37.9 Å². The van der Waals surface area contributed by atoms with E-state index in [-0.39, 0.29) is 5.91 Å². The number of likely N-dealkylation sites (tertiary alicyclic amines) is 1. The average molecular weight is 352 g/mol. The van der Waals surface area contributed by atoms with E-state index < -0.39 is 0 Å². The van der Waals surface area contributed by atoms with Gasteiger partial charge >= 0.3 is 0 Å². The lowest BCUT2D eigenvalue weighted by Crippen LogP contribution is -2.29. The largest absolute Gasteiger partial charge is 0.496 e. The molecule has 0 unspecified atom stereocenters. The summed E-state index contributed by atoms with van der Waals surface area (Å²) in [6.45, 7) is 5.92. The van der Waals surface area contributed by atoms with Gasteiger partial charge in [-0.05, 0) is 67.7 Å². The third-order valence-electron chi connectivity index (χ3n) is 4.99. The summed E-state index contributed by atoms with van der Waals surface area (Å²) in [4.78, 5) is 14.9. The Labute approximate surface area is 156 Å². The highest BCUT2D eigenvalue weighted by molar-refractivity contribution is 5.94. The number of piperidine rings is 1. The first-order valence-corrected chi connectivity index (χ1v) is 9.39. The molecule has 1 aliphatic rings. The summed E-state index contributed by atoms with van der Waals surface area (Å²) in [5.41, 5.74) is 4.07. The first-order chi connectivity index (χ1) is 12.7. The molecule has 0 radical (unpaired) electrons. The summed E-state index contributed by atoms with van der Waals surface area (Å²) in [6, 6.07) is 14.1. The number of hydrogen-bond acceptors (Lipinski definition) is 3. The lowest BCUT2D eigenvalue weighted by molar-refractivity contribution is 0.0951. The van der Waals surface area contributed by atoms with E-state index >= 15 is 0 Å². The Kier molecular flexibility index (Phi) is 6.29. The maximum absolute atomic E-state index is 12.3. The van der Waals surface area contributed by atoms with Crippen molar-refractivity contribution in [2.75, 3.05) is 20.2 Å². The second-order valence-electron chi connectivity index (χ2n) is 7.02. The fraction of sp³-hybridized carbons (Fsp3) is 0.409. The van der Waals surface area contributed by atoms with Crippen LogP contribution in [0.5, 0.6) is 5.75 Å². The van der Waals surface area contributed by atoms with E-state index in [9.17, 15) is 4.79 Å². The fourth-order valence-electron chi connectivity index (χ4n) is 3.44. The number of methoxy groups -OCH3 is 1. The van der Waals surface area contributed by atoms with Crippen molar-refractivity contribution in [1.29, 1.82) is 0 Å². The number of nitrogens with zero attached hydrogens (tertiary/aromatic N) is 1. The Morgan fingerprint density at radius 1 is 1.04 bits per heavy atom. The van der Waals surface area contributed by atoms with Crippen molar-refractivity contribution in [3.63, 3.8) is 0 Å². The molecule has 1 N–H and O–H groups in total. The van der Waals surface area contributed by atoms with Crippen LogP contribution in [0.4, 0.5) is 0 Å². The zero-order chi connectivity index (χ0) is 18.4. The summed E-state index contributed by atoms with van der Waals surface area (Å²) in [6.07, 6.45) is 3.99. The molecular formula is C22H28N2O2. The van der Waals surface area contributed by atoms with E-state index in [0.29, 0.717) is 12.1 Å². The number of aryl methyl sites for hydroxylation is 1. The fourth-order valence-corrected chi connectivity index (χ4v) is 3.44. The number of carbonyl (C=O) groups excluding carboxylic acids is 1. The monoisotopic (exact) mass is 352 g/mol. The second kappa shape index (κ2) is 8.86. The molecule has 0 atom stereocenters. The van der Waals surface area contributed by atoms with Crippen LogP contribution >= 0.6 is 0 Å². The van der Waals surface area contributed by atoms with Gasteiger partial charge in [0.25, 0.3) is 5.91 Å².